The summed E-state index contributed by atoms with van der Waals surface area (Å²) in [5.74, 6) is 0.770. The SMILES string of the molecule is COc1ccccc1-n1cc(-c2ccccc2I)nn1. The van der Waals surface area contributed by atoms with Gasteiger partial charge in [0, 0.05) is 9.13 Å². The zero-order valence-corrected chi connectivity index (χ0v) is 13.0. The molecule has 0 aliphatic heterocycles. The summed E-state index contributed by atoms with van der Waals surface area (Å²) in [5.41, 5.74) is 2.80. The second-order valence-corrected chi connectivity index (χ2v) is 5.36. The van der Waals surface area contributed by atoms with Crippen LogP contribution < -0.4 is 4.74 Å². The van der Waals surface area contributed by atoms with Crippen LogP contribution in [-0.2, 0) is 0 Å². The van der Waals surface area contributed by atoms with Crippen LogP contribution in [0.5, 0.6) is 5.75 Å². The fraction of sp³-hybridized carbons (Fsp3) is 0.0667. The molecule has 0 atom stereocenters. The lowest BCUT2D eigenvalue weighted by molar-refractivity contribution is 0.411. The predicted octanol–water partition coefficient (Wildman–Crippen LogP) is 3.55. The standard InChI is InChI=1S/C15H12IN3O/c1-20-15-9-5-4-8-14(15)19-10-13(17-18-19)11-6-2-3-7-12(11)16/h2-10H,1H3. The molecular weight excluding hydrogens is 365 g/mol. The van der Waals surface area contributed by atoms with E-state index in [1.54, 1.807) is 11.8 Å². The van der Waals surface area contributed by atoms with Gasteiger partial charge in [0.15, 0.2) is 0 Å². The van der Waals surface area contributed by atoms with Crippen molar-refractivity contribution in [2.24, 2.45) is 0 Å². The van der Waals surface area contributed by atoms with Gasteiger partial charge in [-0.25, -0.2) is 4.68 Å². The Labute approximate surface area is 130 Å². The first kappa shape index (κ1) is 13.1. The van der Waals surface area contributed by atoms with Gasteiger partial charge >= 0.3 is 0 Å². The molecule has 0 unspecified atom stereocenters. The van der Waals surface area contributed by atoms with Gasteiger partial charge in [0.1, 0.15) is 17.1 Å². The highest BCUT2D eigenvalue weighted by molar-refractivity contribution is 14.1. The molecular formula is C15H12IN3O. The normalized spacial score (nSPS) is 10.5. The number of hydrogen-bond donors (Lipinski definition) is 0. The Kier molecular flexibility index (Phi) is 3.68. The Morgan fingerprint density at radius 3 is 2.60 bits per heavy atom. The summed E-state index contributed by atoms with van der Waals surface area (Å²) in [4.78, 5) is 0. The monoisotopic (exact) mass is 377 g/mol. The minimum absolute atomic E-state index is 0.770. The smallest absolute Gasteiger partial charge is 0.144 e. The minimum Gasteiger partial charge on any atom is -0.494 e. The Morgan fingerprint density at radius 2 is 1.80 bits per heavy atom. The average Bonchev–Trinajstić information content (AvgIpc) is 2.97. The van der Waals surface area contributed by atoms with Gasteiger partial charge in [0.05, 0.1) is 13.3 Å². The second-order valence-electron chi connectivity index (χ2n) is 4.20. The van der Waals surface area contributed by atoms with Crippen LogP contribution in [0.4, 0.5) is 0 Å². The van der Waals surface area contributed by atoms with Crippen LogP contribution in [0.25, 0.3) is 16.9 Å². The van der Waals surface area contributed by atoms with Crippen LogP contribution in [0.2, 0.25) is 0 Å². The van der Waals surface area contributed by atoms with Crippen LogP contribution in [0.3, 0.4) is 0 Å². The Morgan fingerprint density at radius 1 is 1.05 bits per heavy atom. The molecule has 100 valence electrons. The van der Waals surface area contributed by atoms with Crippen LogP contribution in [0.15, 0.2) is 54.7 Å². The van der Waals surface area contributed by atoms with Gasteiger partial charge in [-0.1, -0.05) is 35.5 Å². The zero-order valence-electron chi connectivity index (χ0n) is 10.8. The molecule has 3 aromatic rings. The van der Waals surface area contributed by atoms with Gasteiger partial charge in [0.2, 0.25) is 0 Å². The maximum Gasteiger partial charge on any atom is 0.144 e. The number of rotatable bonds is 3. The van der Waals surface area contributed by atoms with Gasteiger partial charge in [-0.15, -0.1) is 5.10 Å². The highest BCUT2D eigenvalue weighted by Gasteiger charge is 2.10. The summed E-state index contributed by atoms with van der Waals surface area (Å²) < 4.78 is 8.23. The van der Waals surface area contributed by atoms with Crippen molar-refractivity contribution in [2.75, 3.05) is 7.11 Å². The van der Waals surface area contributed by atoms with Crippen LogP contribution in [-0.4, -0.2) is 22.1 Å². The molecule has 1 aromatic heterocycles. The Balaban J connectivity index is 2.05. The van der Waals surface area contributed by atoms with E-state index in [0.29, 0.717) is 0 Å². The molecule has 0 N–H and O–H groups in total. The summed E-state index contributed by atoms with van der Waals surface area (Å²) in [6, 6.07) is 15.8. The molecule has 1 heterocycles. The van der Waals surface area contributed by atoms with E-state index in [0.717, 1.165) is 26.3 Å². The maximum atomic E-state index is 5.35. The van der Waals surface area contributed by atoms with Crippen molar-refractivity contribution in [1.82, 2.24) is 15.0 Å². The third-order valence-corrected chi connectivity index (χ3v) is 3.92. The molecule has 0 saturated heterocycles. The van der Waals surface area contributed by atoms with E-state index < -0.39 is 0 Å². The topological polar surface area (TPSA) is 39.9 Å². The van der Waals surface area contributed by atoms with E-state index in [2.05, 4.69) is 39.0 Å². The fourth-order valence-corrected chi connectivity index (χ4v) is 2.66. The van der Waals surface area contributed by atoms with Crippen LogP contribution >= 0.6 is 22.6 Å². The number of hydrogen-bond acceptors (Lipinski definition) is 3. The average molecular weight is 377 g/mol. The Bertz CT molecular complexity index is 739. The molecule has 0 amide bonds. The van der Waals surface area contributed by atoms with Gasteiger partial charge in [-0.2, -0.15) is 0 Å². The molecule has 4 nitrogen and oxygen atoms in total. The van der Waals surface area contributed by atoms with Crippen molar-refractivity contribution >= 4 is 22.6 Å². The van der Waals surface area contributed by atoms with E-state index in [1.807, 2.05) is 48.7 Å². The van der Waals surface area contributed by atoms with E-state index in [4.69, 9.17) is 4.74 Å². The second kappa shape index (κ2) is 5.62. The van der Waals surface area contributed by atoms with Crippen LogP contribution in [0, 0.1) is 3.57 Å². The first-order valence-electron chi connectivity index (χ1n) is 6.10. The molecule has 0 radical (unpaired) electrons. The molecule has 5 heteroatoms. The highest BCUT2D eigenvalue weighted by atomic mass is 127. The molecule has 0 spiro atoms. The maximum absolute atomic E-state index is 5.35. The molecule has 3 rings (SSSR count). The van der Waals surface area contributed by atoms with Crippen molar-refractivity contribution in [3.63, 3.8) is 0 Å². The molecule has 0 aliphatic rings. The number of methoxy groups -OCH3 is 1. The van der Waals surface area contributed by atoms with Crippen molar-refractivity contribution in [2.45, 2.75) is 0 Å². The summed E-state index contributed by atoms with van der Waals surface area (Å²) in [5, 5.41) is 8.45. The number of nitrogens with zero attached hydrogens (tertiary/aromatic N) is 3. The largest absolute Gasteiger partial charge is 0.494 e. The minimum atomic E-state index is 0.770. The van der Waals surface area contributed by atoms with E-state index in [1.165, 1.54) is 0 Å². The number of aromatic nitrogens is 3. The van der Waals surface area contributed by atoms with Crippen molar-refractivity contribution < 1.29 is 4.74 Å². The van der Waals surface area contributed by atoms with Crippen LogP contribution in [0.1, 0.15) is 0 Å². The number of ether oxygens (including phenoxy) is 1. The lowest BCUT2D eigenvalue weighted by Crippen LogP contribution is -1.98. The summed E-state index contributed by atoms with van der Waals surface area (Å²) in [6.07, 6.45) is 1.91. The van der Waals surface area contributed by atoms with Gasteiger partial charge < -0.3 is 4.74 Å². The molecule has 2 aromatic carbocycles. The van der Waals surface area contributed by atoms with Crippen molar-refractivity contribution in [3.05, 3.63) is 58.3 Å². The summed E-state index contributed by atoms with van der Waals surface area (Å²) >= 11 is 2.30. The van der Waals surface area contributed by atoms with Crippen molar-refractivity contribution in [3.8, 4) is 22.7 Å². The van der Waals surface area contributed by atoms with Gasteiger partial charge in [0.25, 0.3) is 0 Å². The number of benzene rings is 2. The van der Waals surface area contributed by atoms with E-state index in [9.17, 15) is 0 Å². The quantitative estimate of drug-likeness (QED) is 0.656. The third-order valence-electron chi connectivity index (χ3n) is 2.98. The lowest BCUT2D eigenvalue weighted by Gasteiger charge is -2.06. The van der Waals surface area contributed by atoms with Gasteiger partial charge in [-0.05, 0) is 40.8 Å². The number of halogens is 1. The molecule has 20 heavy (non-hydrogen) atoms. The summed E-state index contributed by atoms with van der Waals surface area (Å²) in [7, 11) is 1.65. The van der Waals surface area contributed by atoms with Gasteiger partial charge in [-0.3, -0.25) is 0 Å². The molecule has 0 fully saturated rings. The zero-order chi connectivity index (χ0) is 13.9. The fourth-order valence-electron chi connectivity index (χ4n) is 1.99. The van der Waals surface area contributed by atoms with Crippen molar-refractivity contribution in [1.29, 1.82) is 0 Å². The first-order chi connectivity index (χ1) is 9.79. The third kappa shape index (κ3) is 2.40. The van der Waals surface area contributed by atoms with E-state index in [-0.39, 0.29) is 0 Å². The van der Waals surface area contributed by atoms with E-state index >= 15 is 0 Å². The first-order valence-corrected chi connectivity index (χ1v) is 7.18. The molecule has 0 saturated carbocycles. The molecule has 0 bridgehead atoms. The highest BCUT2D eigenvalue weighted by Crippen LogP contribution is 2.26. The predicted molar refractivity (Wildman–Crippen MR) is 86.1 cm³/mol. The summed E-state index contributed by atoms with van der Waals surface area (Å²) in [6.45, 7) is 0. The number of para-hydroxylation sites is 2. The lowest BCUT2D eigenvalue weighted by atomic mass is 10.2. The molecule has 0 aliphatic carbocycles. The Hall–Kier alpha value is -1.89.